The number of anilines is 1. The molecular weight excluding hydrogens is 642 g/mol. The summed E-state index contributed by atoms with van der Waals surface area (Å²) in [7, 11) is -1.14. The summed E-state index contributed by atoms with van der Waals surface area (Å²) in [6.07, 6.45) is 0. The predicted octanol–water partition coefficient (Wildman–Crippen LogP) is 5.58. The lowest BCUT2D eigenvalue weighted by atomic mass is 10.1. The molecule has 0 spiro atoms. The molecule has 3 aromatic carbocycles. The normalized spacial score (nSPS) is 13.6. The Morgan fingerprint density at radius 1 is 0.804 bits per heavy atom. The van der Waals surface area contributed by atoms with Crippen molar-refractivity contribution in [1.82, 2.24) is 9.21 Å². The molecule has 1 aliphatic heterocycles. The Hall–Kier alpha value is -5.26. The zero-order chi connectivity index (χ0) is 33.0. The highest BCUT2D eigenvalue weighted by Gasteiger charge is 2.34. The number of benzene rings is 3. The fourth-order valence-electron chi connectivity index (χ4n) is 4.75. The number of urea groups is 1. The molecule has 0 radical (unpaired) electrons. The van der Waals surface area contributed by atoms with Crippen molar-refractivity contribution in [2.24, 2.45) is 0 Å². The van der Waals surface area contributed by atoms with E-state index in [9.17, 15) is 33.4 Å². The molecule has 0 atom stereocenters. The number of carbonyl (C=O) groups excluding carboxylic acids is 1. The van der Waals surface area contributed by atoms with Crippen LogP contribution in [0.1, 0.15) is 0 Å². The monoisotopic (exact) mass is 669 g/mol. The van der Waals surface area contributed by atoms with Crippen LogP contribution in [0, 0.1) is 20.2 Å². The molecule has 1 aliphatic rings. The first-order valence-electron chi connectivity index (χ1n) is 13.6. The Balaban J connectivity index is 1.36. The summed E-state index contributed by atoms with van der Waals surface area (Å²) < 4.78 is 45.7. The molecule has 0 unspecified atom stereocenters. The number of ether oxygens (including phenoxy) is 3. The number of nitrogens with zero attached hydrogens (tertiary/aromatic N) is 4. The Morgan fingerprint density at radius 3 is 2.07 bits per heavy atom. The number of sulfonamides is 1. The molecular formula is C29H27N5O10S2. The maximum Gasteiger partial charge on any atom is 0.321 e. The van der Waals surface area contributed by atoms with Gasteiger partial charge < -0.3 is 24.4 Å². The number of nitro benzene ring substituents is 2. The van der Waals surface area contributed by atoms with Gasteiger partial charge in [0, 0.05) is 73.3 Å². The zero-order valence-electron chi connectivity index (χ0n) is 24.4. The molecule has 46 heavy (non-hydrogen) atoms. The number of non-ortho nitro benzene ring substituents is 2. The van der Waals surface area contributed by atoms with E-state index in [0.717, 1.165) is 11.3 Å². The number of methoxy groups -OCH3 is 2. The number of thiophene rings is 1. The van der Waals surface area contributed by atoms with Crippen LogP contribution in [0.5, 0.6) is 23.0 Å². The van der Waals surface area contributed by atoms with Crippen LogP contribution in [-0.2, 0) is 10.0 Å². The van der Waals surface area contributed by atoms with Gasteiger partial charge in [-0.05, 0) is 41.8 Å². The zero-order valence-corrected chi connectivity index (χ0v) is 26.1. The second-order valence-corrected chi connectivity index (χ2v) is 12.9. The second kappa shape index (κ2) is 13.4. The van der Waals surface area contributed by atoms with Crippen molar-refractivity contribution >= 4 is 44.5 Å². The molecule has 17 heteroatoms. The van der Waals surface area contributed by atoms with E-state index in [2.05, 4.69) is 5.32 Å². The van der Waals surface area contributed by atoms with E-state index in [-0.39, 0.29) is 58.6 Å². The molecule has 2 heterocycles. The van der Waals surface area contributed by atoms with Gasteiger partial charge in [-0.3, -0.25) is 20.2 Å². The van der Waals surface area contributed by atoms with Crippen LogP contribution in [0.4, 0.5) is 21.9 Å². The fraction of sp³-hybridized carbons (Fsp3) is 0.207. The molecule has 5 rings (SSSR count). The Morgan fingerprint density at radius 2 is 1.43 bits per heavy atom. The standard InChI is InChI=1S/C29H27N5O10S2/c1-42-26-10-8-22(18-27(26)43-2)44-25-9-7-21(34(38)39)17-24(25)23-11-16-45-28(23)46(40,41)32-14-12-31(13-15-32)29(35)30-19-3-5-20(6-4-19)33(36)37/h3-11,16-18H,12-15H2,1-2H3,(H,30,35). The lowest BCUT2D eigenvalue weighted by molar-refractivity contribution is -0.385. The Labute approximate surface area is 266 Å². The van der Waals surface area contributed by atoms with Crippen molar-refractivity contribution in [3.63, 3.8) is 0 Å². The number of hydrogen-bond acceptors (Lipinski definition) is 11. The van der Waals surface area contributed by atoms with Gasteiger partial charge in [-0.2, -0.15) is 4.31 Å². The summed E-state index contributed by atoms with van der Waals surface area (Å²) in [5.41, 5.74) is 0.413. The van der Waals surface area contributed by atoms with Crippen LogP contribution >= 0.6 is 11.3 Å². The van der Waals surface area contributed by atoms with Gasteiger partial charge in [-0.1, -0.05) is 0 Å². The number of piperazine rings is 1. The van der Waals surface area contributed by atoms with Crippen molar-refractivity contribution in [3.05, 3.63) is 92.3 Å². The van der Waals surface area contributed by atoms with E-state index in [4.69, 9.17) is 14.2 Å². The number of hydrogen-bond donors (Lipinski definition) is 1. The minimum atomic E-state index is -4.09. The van der Waals surface area contributed by atoms with Crippen molar-refractivity contribution in [1.29, 1.82) is 0 Å². The van der Waals surface area contributed by atoms with Crippen molar-refractivity contribution in [2.75, 3.05) is 45.7 Å². The Bertz CT molecular complexity index is 1890. The quantitative estimate of drug-likeness (QED) is 0.165. The highest BCUT2D eigenvalue weighted by molar-refractivity contribution is 7.91. The largest absolute Gasteiger partial charge is 0.493 e. The van der Waals surface area contributed by atoms with Gasteiger partial charge in [-0.15, -0.1) is 11.3 Å². The third-order valence-corrected chi connectivity index (χ3v) is 10.5. The smallest absolute Gasteiger partial charge is 0.321 e. The third-order valence-electron chi connectivity index (χ3n) is 7.11. The van der Waals surface area contributed by atoms with Crippen LogP contribution in [0.3, 0.4) is 0 Å². The minimum Gasteiger partial charge on any atom is -0.493 e. The maximum absolute atomic E-state index is 13.9. The predicted molar refractivity (Wildman–Crippen MR) is 168 cm³/mol. The first-order valence-corrected chi connectivity index (χ1v) is 15.9. The molecule has 1 saturated heterocycles. The summed E-state index contributed by atoms with van der Waals surface area (Å²) in [4.78, 5) is 35.6. The lowest BCUT2D eigenvalue weighted by Gasteiger charge is -2.33. The van der Waals surface area contributed by atoms with Gasteiger partial charge in [0.25, 0.3) is 21.4 Å². The number of nitrogens with one attached hydrogen (secondary N) is 1. The summed E-state index contributed by atoms with van der Waals surface area (Å²) >= 11 is 0.965. The van der Waals surface area contributed by atoms with Gasteiger partial charge in [0.2, 0.25) is 0 Å². The van der Waals surface area contributed by atoms with Gasteiger partial charge >= 0.3 is 6.03 Å². The molecule has 0 aliphatic carbocycles. The number of nitro groups is 2. The molecule has 1 N–H and O–H groups in total. The average molecular weight is 670 g/mol. The number of amides is 2. The summed E-state index contributed by atoms with van der Waals surface area (Å²) in [5, 5.41) is 26.8. The third kappa shape index (κ3) is 6.70. The molecule has 2 amide bonds. The van der Waals surface area contributed by atoms with E-state index in [1.807, 2.05) is 0 Å². The van der Waals surface area contributed by atoms with E-state index in [1.54, 1.807) is 29.6 Å². The molecule has 15 nitrogen and oxygen atoms in total. The highest BCUT2D eigenvalue weighted by atomic mass is 32.2. The van der Waals surface area contributed by atoms with Crippen molar-refractivity contribution in [2.45, 2.75) is 4.21 Å². The molecule has 240 valence electrons. The molecule has 1 fully saturated rings. The van der Waals surface area contributed by atoms with E-state index < -0.39 is 25.9 Å². The van der Waals surface area contributed by atoms with Crippen LogP contribution in [-0.4, -0.2) is 73.9 Å². The van der Waals surface area contributed by atoms with Crippen LogP contribution < -0.4 is 19.5 Å². The van der Waals surface area contributed by atoms with Gasteiger partial charge in [0.1, 0.15) is 15.7 Å². The van der Waals surface area contributed by atoms with Gasteiger partial charge in [0.05, 0.1) is 24.1 Å². The average Bonchev–Trinajstić information content (AvgIpc) is 3.56. The summed E-state index contributed by atoms with van der Waals surface area (Å²) in [6.45, 7) is 0.168. The highest BCUT2D eigenvalue weighted by Crippen LogP contribution is 2.43. The van der Waals surface area contributed by atoms with Gasteiger partial charge in [0.15, 0.2) is 11.5 Å². The second-order valence-electron chi connectivity index (χ2n) is 9.80. The van der Waals surface area contributed by atoms with Crippen molar-refractivity contribution in [3.8, 4) is 34.1 Å². The summed E-state index contributed by atoms with van der Waals surface area (Å²) in [5.74, 6) is 1.37. The molecule has 1 aromatic heterocycles. The Kier molecular flexibility index (Phi) is 9.36. The fourth-order valence-corrected chi connectivity index (χ4v) is 7.69. The maximum atomic E-state index is 13.9. The minimum absolute atomic E-state index is 0.00269. The number of rotatable bonds is 10. The van der Waals surface area contributed by atoms with Crippen LogP contribution in [0.2, 0.25) is 0 Å². The van der Waals surface area contributed by atoms with Crippen LogP contribution in [0.25, 0.3) is 11.1 Å². The van der Waals surface area contributed by atoms with E-state index in [0.29, 0.717) is 22.9 Å². The van der Waals surface area contributed by atoms with E-state index >= 15 is 0 Å². The van der Waals surface area contributed by atoms with Crippen molar-refractivity contribution < 1.29 is 37.3 Å². The molecule has 0 bridgehead atoms. The van der Waals surface area contributed by atoms with Crippen LogP contribution in [0.15, 0.2) is 76.3 Å². The first-order chi connectivity index (χ1) is 22.0. The summed E-state index contributed by atoms with van der Waals surface area (Å²) in [6, 6.07) is 15.2. The SMILES string of the molecule is COc1ccc(Oc2ccc([N+](=O)[O-])cc2-c2ccsc2S(=O)(=O)N2CCN(C(=O)Nc3ccc([N+](=O)[O-])cc3)CC2)cc1OC. The van der Waals surface area contributed by atoms with Gasteiger partial charge in [-0.25, -0.2) is 13.2 Å². The topological polar surface area (TPSA) is 184 Å². The number of carbonyl (C=O) groups is 1. The molecule has 0 saturated carbocycles. The molecule has 4 aromatic rings. The van der Waals surface area contributed by atoms with E-state index in [1.165, 1.54) is 65.9 Å². The lowest BCUT2D eigenvalue weighted by Crippen LogP contribution is -2.51. The first kappa shape index (κ1) is 32.1.